The Morgan fingerprint density at radius 1 is 0.897 bits per heavy atom. The number of piperazine rings is 1. The van der Waals surface area contributed by atoms with Crippen molar-refractivity contribution in [2.75, 3.05) is 51.3 Å². The van der Waals surface area contributed by atoms with Gasteiger partial charge in [-0.15, -0.1) is 0 Å². The lowest BCUT2D eigenvalue weighted by atomic mass is 10.1. The Labute approximate surface area is 170 Å². The predicted molar refractivity (Wildman–Crippen MR) is 109 cm³/mol. The Morgan fingerprint density at radius 2 is 1.52 bits per heavy atom. The quantitative estimate of drug-likeness (QED) is 0.793. The van der Waals surface area contributed by atoms with Crippen LogP contribution in [0.15, 0.2) is 47.1 Å². The van der Waals surface area contributed by atoms with Gasteiger partial charge in [-0.1, -0.05) is 0 Å². The summed E-state index contributed by atoms with van der Waals surface area (Å²) in [7, 11) is 1.77. The Morgan fingerprint density at radius 3 is 2.07 bits per heavy atom. The van der Waals surface area contributed by atoms with Crippen LogP contribution in [0.2, 0.25) is 0 Å². The molecule has 1 aromatic heterocycles. The first kappa shape index (κ1) is 19.5. The molecule has 0 spiro atoms. The number of anilines is 1. The maximum Gasteiger partial charge on any atom is 0.289 e. The average molecular weight is 397 g/mol. The van der Waals surface area contributed by atoms with E-state index in [9.17, 15) is 9.59 Å². The van der Waals surface area contributed by atoms with Gasteiger partial charge < -0.3 is 23.9 Å². The smallest absolute Gasteiger partial charge is 0.289 e. The number of benzene rings is 1. The maximum absolute atomic E-state index is 12.8. The van der Waals surface area contributed by atoms with Gasteiger partial charge in [-0.2, -0.15) is 0 Å². The molecule has 0 N–H and O–H groups in total. The Bertz CT molecular complexity index is 818. The fourth-order valence-corrected chi connectivity index (χ4v) is 4.02. The highest BCUT2D eigenvalue weighted by Crippen LogP contribution is 2.22. The van der Waals surface area contributed by atoms with Crippen molar-refractivity contribution in [2.45, 2.75) is 18.9 Å². The van der Waals surface area contributed by atoms with Crippen LogP contribution in [-0.4, -0.2) is 74.1 Å². The van der Waals surface area contributed by atoms with E-state index in [2.05, 4.69) is 4.90 Å². The summed E-state index contributed by atoms with van der Waals surface area (Å²) in [5, 5.41) is 0. The zero-order valence-corrected chi connectivity index (χ0v) is 16.8. The van der Waals surface area contributed by atoms with Crippen LogP contribution in [0.3, 0.4) is 0 Å². The molecule has 2 aliphatic rings. The maximum atomic E-state index is 12.8. The van der Waals surface area contributed by atoms with E-state index in [1.165, 1.54) is 6.26 Å². The molecule has 1 aromatic carbocycles. The first-order chi connectivity index (χ1) is 14.2. The van der Waals surface area contributed by atoms with Crippen LogP contribution in [0.25, 0.3) is 0 Å². The van der Waals surface area contributed by atoms with E-state index in [1.807, 2.05) is 29.2 Å². The summed E-state index contributed by atoms with van der Waals surface area (Å²) in [6, 6.07) is 11.2. The van der Waals surface area contributed by atoms with Gasteiger partial charge in [0.15, 0.2) is 5.76 Å². The molecule has 29 heavy (non-hydrogen) atoms. The Kier molecular flexibility index (Phi) is 5.85. The van der Waals surface area contributed by atoms with Gasteiger partial charge >= 0.3 is 0 Å². The van der Waals surface area contributed by atoms with Gasteiger partial charge in [0.2, 0.25) is 0 Å². The third kappa shape index (κ3) is 4.29. The lowest BCUT2D eigenvalue weighted by molar-refractivity contribution is 0.0518. The van der Waals surface area contributed by atoms with E-state index in [0.717, 1.165) is 31.6 Å². The summed E-state index contributed by atoms with van der Waals surface area (Å²) in [4.78, 5) is 31.1. The zero-order valence-electron chi connectivity index (χ0n) is 16.8. The van der Waals surface area contributed by atoms with E-state index in [4.69, 9.17) is 9.15 Å². The molecule has 7 nitrogen and oxygen atoms in total. The second-order valence-corrected chi connectivity index (χ2v) is 7.53. The second kappa shape index (κ2) is 8.69. The summed E-state index contributed by atoms with van der Waals surface area (Å²) < 4.78 is 10.6. The number of rotatable bonds is 4. The number of carbonyl (C=O) groups excluding carboxylic acids is 2. The molecule has 0 bridgehead atoms. The largest absolute Gasteiger partial charge is 0.459 e. The number of methoxy groups -OCH3 is 1. The van der Waals surface area contributed by atoms with Crippen LogP contribution in [0.1, 0.15) is 33.8 Å². The number of furan rings is 1. The third-order valence-electron chi connectivity index (χ3n) is 5.84. The third-order valence-corrected chi connectivity index (χ3v) is 5.84. The molecule has 0 aliphatic carbocycles. The van der Waals surface area contributed by atoms with Gasteiger partial charge in [0.05, 0.1) is 12.4 Å². The summed E-state index contributed by atoms with van der Waals surface area (Å²) in [6.45, 7) is 4.01. The molecule has 7 heteroatoms. The normalized spacial score (nSPS) is 18.2. The van der Waals surface area contributed by atoms with Crippen molar-refractivity contribution in [2.24, 2.45) is 0 Å². The molecule has 4 rings (SSSR count). The van der Waals surface area contributed by atoms with Crippen molar-refractivity contribution >= 4 is 17.5 Å². The minimum atomic E-state index is -0.122. The highest BCUT2D eigenvalue weighted by molar-refractivity contribution is 5.95. The van der Waals surface area contributed by atoms with Crippen LogP contribution in [0, 0.1) is 0 Å². The van der Waals surface area contributed by atoms with Gasteiger partial charge in [-0.05, 0) is 49.2 Å². The highest BCUT2D eigenvalue weighted by atomic mass is 16.5. The SMILES string of the molecule is COC1CCN(c2ccc(C(=O)N3CCN(C(=O)c4ccco4)CC3)cc2)CC1. The molecule has 0 saturated carbocycles. The molecule has 2 aliphatic heterocycles. The van der Waals surface area contributed by atoms with Crippen molar-refractivity contribution < 1.29 is 18.7 Å². The van der Waals surface area contributed by atoms with Crippen LogP contribution in [0.5, 0.6) is 0 Å². The molecule has 2 saturated heterocycles. The molecule has 0 unspecified atom stereocenters. The van der Waals surface area contributed by atoms with Gasteiger partial charge in [0, 0.05) is 57.6 Å². The molecule has 0 radical (unpaired) electrons. The van der Waals surface area contributed by atoms with Crippen LogP contribution < -0.4 is 4.90 Å². The number of hydrogen-bond acceptors (Lipinski definition) is 5. The molecule has 3 heterocycles. The van der Waals surface area contributed by atoms with Crippen LogP contribution >= 0.6 is 0 Å². The van der Waals surface area contributed by atoms with Crippen molar-refractivity contribution in [1.82, 2.24) is 9.80 Å². The van der Waals surface area contributed by atoms with Crippen LogP contribution in [0.4, 0.5) is 5.69 Å². The Hall–Kier alpha value is -2.80. The number of nitrogens with zero attached hydrogens (tertiary/aromatic N) is 3. The summed E-state index contributed by atoms with van der Waals surface area (Å²) in [6.07, 6.45) is 3.90. The van der Waals surface area contributed by atoms with Gasteiger partial charge in [-0.25, -0.2) is 0 Å². The number of hydrogen-bond donors (Lipinski definition) is 0. The Balaban J connectivity index is 1.31. The average Bonchev–Trinajstić information content (AvgIpc) is 3.33. The summed E-state index contributed by atoms with van der Waals surface area (Å²) in [5.74, 6) is 0.235. The minimum Gasteiger partial charge on any atom is -0.459 e. The lowest BCUT2D eigenvalue weighted by Crippen LogP contribution is -2.50. The summed E-state index contributed by atoms with van der Waals surface area (Å²) in [5.41, 5.74) is 1.83. The number of ether oxygens (including phenoxy) is 1. The molecule has 2 amide bonds. The fourth-order valence-electron chi connectivity index (χ4n) is 4.02. The molecule has 2 fully saturated rings. The van der Waals surface area contributed by atoms with Gasteiger partial charge in [0.1, 0.15) is 0 Å². The minimum absolute atomic E-state index is 0.0136. The monoisotopic (exact) mass is 397 g/mol. The molecule has 154 valence electrons. The lowest BCUT2D eigenvalue weighted by Gasteiger charge is -2.34. The first-order valence-corrected chi connectivity index (χ1v) is 10.2. The van der Waals surface area contributed by atoms with E-state index in [1.54, 1.807) is 24.1 Å². The zero-order chi connectivity index (χ0) is 20.2. The van der Waals surface area contributed by atoms with Gasteiger partial charge in [0.25, 0.3) is 11.8 Å². The number of piperidine rings is 1. The number of amides is 2. The van der Waals surface area contributed by atoms with Crippen LogP contribution in [-0.2, 0) is 4.74 Å². The summed E-state index contributed by atoms with van der Waals surface area (Å²) >= 11 is 0. The van der Waals surface area contributed by atoms with Gasteiger partial charge in [-0.3, -0.25) is 9.59 Å². The van der Waals surface area contributed by atoms with Crippen molar-refractivity contribution in [3.63, 3.8) is 0 Å². The van der Waals surface area contributed by atoms with E-state index in [0.29, 0.717) is 43.6 Å². The standard InChI is InChI=1S/C22H27N3O4/c1-28-19-8-10-23(11-9-19)18-6-4-17(5-7-18)21(26)24-12-14-25(15-13-24)22(27)20-3-2-16-29-20/h2-7,16,19H,8-15H2,1H3. The first-order valence-electron chi connectivity index (χ1n) is 10.2. The van der Waals surface area contributed by atoms with Crippen molar-refractivity contribution in [1.29, 1.82) is 0 Å². The van der Waals surface area contributed by atoms with E-state index >= 15 is 0 Å². The molecular formula is C22H27N3O4. The second-order valence-electron chi connectivity index (χ2n) is 7.53. The number of carbonyl (C=O) groups is 2. The van der Waals surface area contributed by atoms with Crippen molar-refractivity contribution in [3.05, 3.63) is 54.0 Å². The fraction of sp³-hybridized carbons (Fsp3) is 0.455. The molecule has 2 aromatic rings. The predicted octanol–water partition coefficient (Wildman–Crippen LogP) is 2.49. The highest BCUT2D eigenvalue weighted by Gasteiger charge is 2.27. The topological polar surface area (TPSA) is 66.2 Å². The molecule has 0 atom stereocenters. The van der Waals surface area contributed by atoms with E-state index in [-0.39, 0.29) is 11.8 Å². The van der Waals surface area contributed by atoms with Crippen molar-refractivity contribution in [3.8, 4) is 0 Å². The van der Waals surface area contributed by atoms with E-state index < -0.39 is 0 Å². The molecular weight excluding hydrogens is 370 g/mol.